The molecule has 3 heteroatoms. The molecular formula is C13H18N2O. The van der Waals surface area contributed by atoms with Crippen molar-refractivity contribution in [1.82, 2.24) is 10.6 Å². The van der Waals surface area contributed by atoms with Crippen molar-refractivity contribution >= 4 is 5.91 Å². The Morgan fingerprint density at radius 3 is 2.88 bits per heavy atom. The summed E-state index contributed by atoms with van der Waals surface area (Å²) >= 11 is 0. The Balaban J connectivity index is 2.46. The third-order valence-corrected chi connectivity index (χ3v) is 3.33. The van der Waals surface area contributed by atoms with Gasteiger partial charge in [0, 0.05) is 18.7 Å². The highest BCUT2D eigenvalue weighted by Gasteiger charge is 2.22. The quantitative estimate of drug-likeness (QED) is 0.792. The maximum atomic E-state index is 11.7. The monoisotopic (exact) mass is 218 g/mol. The van der Waals surface area contributed by atoms with Gasteiger partial charge < -0.3 is 10.6 Å². The highest BCUT2D eigenvalue weighted by atomic mass is 16.1. The SMILES string of the molecule is CNC(=O)c1cccc2c1CCC[C@@H]2NC. The van der Waals surface area contributed by atoms with Gasteiger partial charge in [-0.1, -0.05) is 12.1 Å². The van der Waals surface area contributed by atoms with Crippen LogP contribution in [0.2, 0.25) is 0 Å². The lowest BCUT2D eigenvalue weighted by Crippen LogP contribution is -2.26. The predicted octanol–water partition coefficient (Wildman–Crippen LogP) is 1.64. The second kappa shape index (κ2) is 4.66. The van der Waals surface area contributed by atoms with E-state index in [4.69, 9.17) is 0 Å². The Morgan fingerprint density at radius 1 is 1.38 bits per heavy atom. The number of fused-ring (bicyclic) bond motifs is 1. The molecule has 0 fully saturated rings. The van der Waals surface area contributed by atoms with Crippen LogP contribution in [0.3, 0.4) is 0 Å². The van der Waals surface area contributed by atoms with Gasteiger partial charge in [0.05, 0.1) is 0 Å². The van der Waals surface area contributed by atoms with Crippen LogP contribution < -0.4 is 10.6 Å². The smallest absolute Gasteiger partial charge is 0.251 e. The minimum atomic E-state index is 0.0219. The number of benzene rings is 1. The summed E-state index contributed by atoms with van der Waals surface area (Å²) < 4.78 is 0. The lowest BCUT2D eigenvalue weighted by molar-refractivity contribution is 0.0961. The number of hydrogen-bond acceptors (Lipinski definition) is 2. The lowest BCUT2D eigenvalue weighted by atomic mass is 9.84. The number of hydrogen-bond donors (Lipinski definition) is 2. The molecule has 2 N–H and O–H groups in total. The normalized spacial score (nSPS) is 19.0. The second-order valence-electron chi connectivity index (χ2n) is 4.19. The Kier molecular flexibility index (Phi) is 3.25. The summed E-state index contributed by atoms with van der Waals surface area (Å²) in [6.07, 6.45) is 3.31. The van der Waals surface area contributed by atoms with E-state index in [1.165, 1.54) is 11.1 Å². The van der Waals surface area contributed by atoms with E-state index >= 15 is 0 Å². The highest BCUT2D eigenvalue weighted by Crippen LogP contribution is 2.31. The van der Waals surface area contributed by atoms with Gasteiger partial charge in [-0.3, -0.25) is 4.79 Å². The first kappa shape index (κ1) is 11.1. The molecule has 0 aliphatic heterocycles. The molecule has 86 valence electrons. The summed E-state index contributed by atoms with van der Waals surface area (Å²) in [5.41, 5.74) is 3.34. The lowest BCUT2D eigenvalue weighted by Gasteiger charge is -2.26. The fourth-order valence-electron chi connectivity index (χ4n) is 2.50. The van der Waals surface area contributed by atoms with E-state index in [2.05, 4.69) is 16.7 Å². The molecule has 3 nitrogen and oxygen atoms in total. The molecule has 0 radical (unpaired) electrons. The number of amides is 1. The maximum absolute atomic E-state index is 11.7. The molecule has 0 unspecified atom stereocenters. The Morgan fingerprint density at radius 2 is 2.19 bits per heavy atom. The van der Waals surface area contributed by atoms with Crippen molar-refractivity contribution in [2.45, 2.75) is 25.3 Å². The van der Waals surface area contributed by atoms with Gasteiger partial charge in [-0.25, -0.2) is 0 Å². The zero-order valence-electron chi connectivity index (χ0n) is 9.84. The van der Waals surface area contributed by atoms with Crippen LogP contribution >= 0.6 is 0 Å². The van der Waals surface area contributed by atoms with Crippen LogP contribution in [0.5, 0.6) is 0 Å². The second-order valence-corrected chi connectivity index (χ2v) is 4.19. The molecule has 0 bridgehead atoms. The average molecular weight is 218 g/mol. The Hall–Kier alpha value is -1.35. The summed E-state index contributed by atoms with van der Waals surface area (Å²) in [5.74, 6) is 0.0219. The van der Waals surface area contributed by atoms with E-state index in [-0.39, 0.29) is 5.91 Å². The molecule has 0 saturated carbocycles. The van der Waals surface area contributed by atoms with E-state index in [1.807, 2.05) is 19.2 Å². The first-order chi connectivity index (χ1) is 7.77. The number of nitrogens with one attached hydrogen (secondary N) is 2. The topological polar surface area (TPSA) is 41.1 Å². The fraction of sp³-hybridized carbons (Fsp3) is 0.462. The average Bonchev–Trinajstić information content (AvgIpc) is 2.36. The number of rotatable bonds is 2. The van der Waals surface area contributed by atoms with Crippen LogP contribution in [0.15, 0.2) is 18.2 Å². The van der Waals surface area contributed by atoms with Crippen LogP contribution in [-0.2, 0) is 6.42 Å². The third-order valence-electron chi connectivity index (χ3n) is 3.33. The highest BCUT2D eigenvalue weighted by molar-refractivity contribution is 5.95. The fourth-order valence-corrected chi connectivity index (χ4v) is 2.50. The van der Waals surface area contributed by atoms with Gasteiger partial charge in [0.1, 0.15) is 0 Å². The van der Waals surface area contributed by atoms with Crippen LogP contribution in [0, 0.1) is 0 Å². The largest absolute Gasteiger partial charge is 0.355 e. The minimum absolute atomic E-state index is 0.0219. The van der Waals surface area contributed by atoms with Crippen molar-refractivity contribution in [3.8, 4) is 0 Å². The summed E-state index contributed by atoms with van der Waals surface area (Å²) in [6.45, 7) is 0. The molecule has 16 heavy (non-hydrogen) atoms. The minimum Gasteiger partial charge on any atom is -0.355 e. The van der Waals surface area contributed by atoms with Gasteiger partial charge in [-0.2, -0.15) is 0 Å². The Bertz CT molecular complexity index is 401. The molecule has 1 amide bonds. The van der Waals surface area contributed by atoms with Crippen molar-refractivity contribution in [2.75, 3.05) is 14.1 Å². The molecule has 1 atom stereocenters. The van der Waals surface area contributed by atoms with Crippen LogP contribution in [0.25, 0.3) is 0 Å². The van der Waals surface area contributed by atoms with Crippen molar-refractivity contribution in [3.05, 3.63) is 34.9 Å². The van der Waals surface area contributed by atoms with Crippen LogP contribution in [0.1, 0.15) is 40.4 Å². The van der Waals surface area contributed by atoms with Gasteiger partial charge >= 0.3 is 0 Å². The molecule has 0 saturated heterocycles. The molecule has 1 aromatic carbocycles. The van der Waals surface area contributed by atoms with E-state index < -0.39 is 0 Å². The molecule has 1 aliphatic carbocycles. The van der Waals surface area contributed by atoms with E-state index in [0.717, 1.165) is 24.8 Å². The molecule has 0 aromatic heterocycles. The maximum Gasteiger partial charge on any atom is 0.251 e. The molecule has 0 heterocycles. The summed E-state index contributed by atoms with van der Waals surface area (Å²) in [5, 5.41) is 6.02. The van der Waals surface area contributed by atoms with Gasteiger partial charge in [-0.15, -0.1) is 0 Å². The summed E-state index contributed by atoms with van der Waals surface area (Å²) in [7, 11) is 3.66. The van der Waals surface area contributed by atoms with E-state index in [9.17, 15) is 4.79 Å². The van der Waals surface area contributed by atoms with Crippen molar-refractivity contribution < 1.29 is 4.79 Å². The number of carbonyl (C=O) groups excluding carboxylic acids is 1. The molecule has 1 aromatic rings. The number of carbonyl (C=O) groups is 1. The van der Waals surface area contributed by atoms with Gasteiger partial charge in [-0.05, 0) is 43.5 Å². The Labute approximate surface area is 96.2 Å². The van der Waals surface area contributed by atoms with Crippen molar-refractivity contribution in [2.24, 2.45) is 0 Å². The van der Waals surface area contributed by atoms with E-state index in [0.29, 0.717) is 6.04 Å². The zero-order valence-corrected chi connectivity index (χ0v) is 9.84. The third kappa shape index (κ3) is 1.83. The van der Waals surface area contributed by atoms with Crippen LogP contribution in [-0.4, -0.2) is 20.0 Å². The molecule has 0 spiro atoms. The molecule has 1 aliphatic rings. The summed E-state index contributed by atoms with van der Waals surface area (Å²) in [6, 6.07) is 6.41. The van der Waals surface area contributed by atoms with Crippen molar-refractivity contribution in [1.29, 1.82) is 0 Å². The molecule has 2 rings (SSSR count). The first-order valence-corrected chi connectivity index (χ1v) is 5.79. The predicted molar refractivity (Wildman–Crippen MR) is 64.6 cm³/mol. The van der Waals surface area contributed by atoms with Gasteiger partial charge in [0.25, 0.3) is 5.91 Å². The standard InChI is InChI=1S/C13H18N2O/c1-14-12-8-4-5-9-10(12)6-3-7-11(9)13(16)15-2/h3,6-7,12,14H,4-5,8H2,1-2H3,(H,15,16)/t12-/m0/s1. The van der Waals surface area contributed by atoms with Crippen molar-refractivity contribution in [3.63, 3.8) is 0 Å². The molecular weight excluding hydrogens is 200 g/mol. The van der Waals surface area contributed by atoms with Gasteiger partial charge in [0.15, 0.2) is 0 Å². The summed E-state index contributed by atoms with van der Waals surface area (Å²) in [4.78, 5) is 11.7. The van der Waals surface area contributed by atoms with Crippen LogP contribution in [0.4, 0.5) is 0 Å². The van der Waals surface area contributed by atoms with Gasteiger partial charge in [0.2, 0.25) is 0 Å². The first-order valence-electron chi connectivity index (χ1n) is 5.79. The zero-order chi connectivity index (χ0) is 11.5. The van der Waals surface area contributed by atoms with E-state index in [1.54, 1.807) is 7.05 Å².